The number of primary amides is 1. The molecule has 0 saturated carbocycles. The van der Waals surface area contributed by atoms with Crippen LogP contribution in [-0.2, 0) is 11.0 Å². The number of carbonyl (C=O) groups excluding carboxylic acids is 1. The molecule has 1 atom stereocenters. The Hall–Kier alpha value is -3.24. The third kappa shape index (κ3) is 3.98. The molecule has 1 aliphatic rings. The zero-order valence-electron chi connectivity index (χ0n) is 15.3. The van der Waals surface area contributed by atoms with Crippen LogP contribution in [0, 0.1) is 5.92 Å². The zero-order valence-corrected chi connectivity index (χ0v) is 15.3. The number of carbonyl (C=O) groups is 1. The summed E-state index contributed by atoms with van der Waals surface area (Å²) in [5.41, 5.74) is 4.89. The summed E-state index contributed by atoms with van der Waals surface area (Å²) in [6.07, 6.45) is 2.48. The third-order valence-corrected chi connectivity index (χ3v) is 4.89. The maximum atomic E-state index is 13.0. The number of piperidine rings is 1. The molecule has 3 aromatic rings. The fourth-order valence-corrected chi connectivity index (χ4v) is 3.57. The zero-order chi connectivity index (χ0) is 20.6. The Bertz CT molecular complexity index is 1050. The Morgan fingerprint density at radius 3 is 2.83 bits per heavy atom. The van der Waals surface area contributed by atoms with Crippen molar-refractivity contribution in [2.75, 3.05) is 18.0 Å². The van der Waals surface area contributed by atoms with Gasteiger partial charge in [0.25, 0.3) is 0 Å². The standard InChI is InChI=1S/C18H18F3N7O/c19-18(20,21)13-10-28-12(7-25-16(28)8-24-13)17-23-4-3-15(26-17)27-5-1-2-11(9-27)6-14(22)29/h3-4,7-8,10-11H,1-2,5-6,9H2,(H2,22,29). The van der Waals surface area contributed by atoms with Crippen molar-refractivity contribution in [3.05, 3.63) is 36.5 Å². The van der Waals surface area contributed by atoms with Crippen molar-refractivity contribution >= 4 is 17.4 Å². The highest BCUT2D eigenvalue weighted by atomic mass is 19.4. The van der Waals surface area contributed by atoms with E-state index in [-0.39, 0.29) is 23.3 Å². The van der Waals surface area contributed by atoms with Crippen molar-refractivity contribution in [3.8, 4) is 11.5 Å². The van der Waals surface area contributed by atoms with Gasteiger partial charge in [-0.25, -0.2) is 19.9 Å². The maximum absolute atomic E-state index is 13.0. The molecule has 152 valence electrons. The summed E-state index contributed by atoms with van der Waals surface area (Å²) < 4.78 is 40.3. The molecule has 1 saturated heterocycles. The number of nitrogens with two attached hydrogens (primary N) is 1. The highest BCUT2D eigenvalue weighted by molar-refractivity contribution is 5.74. The van der Waals surface area contributed by atoms with E-state index in [0.717, 1.165) is 31.8 Å². The number of imidazole rings is 1. The third-order valence-electron chi connectivity index (χ3n) is 4.89. The lowest BCUT2D eigenvalue weighted by Crippen LogP contribution is -2.37. The van der Waals surface area contributed by atoms with E-state index >= 15 is 0 Å². The van der Waals surface area contributed by atoms with Gasteiger partial charge >= 0.3 is 6.18 Å². The van der Waals surface area contributed by atoms with Gasteiger partial charge < -0.3 is 10.6 Å². The van der Waals surface area contributed by atoms with Gasteiger partial charge in [-0.1, -0.05) is 0 Å². The van der Waals surface area contributed by atoms with E-state index in [2.05, 4.69) is 19.9 Å². The van der Waals surface area contributed by atoms with Crippen molar-refractivity contribution in [2.24, 2.45) is 11.7 Å². The van der Waals surface area contributed by atoms with Crippen LogP contribution in [0.1, 0.15) is 25.0 Å². The van der Waals surface area contributed by atoms with Crippen LogP contribution in [0.3, 0.4) is 0 Å². The molecule has 2 N–H and O–H groups in total. The molecule has 1 aliphatic heterocycles. The Morgan fingerprint density at radius 1 is 1.24 bits per heavy atom. The van der Waals surface area contributed by atoms with Crippen LogP contribution in [0.2, 0.25) is 0 Å². The van der Waals surface area contributed by atoms with Crippen LogP contribution < -0.4 is 10.6 Å². The molecular weight excluding hydrogens is 387 g/mol. The number of rotatable bonds is 4. The first-order valence-electron chi connectivity index (χ1n) is 9.08. The number of anilines is 1. The second kappa shape index (κ2) is 7.30. The second-order valence-electron chi connectivity index (χ2n) is 7.01. The minimum atomic E-state index is -4.57. The summed E-state index contributed by atoms with van der Waals surface area (Å²) in [7, 11) is 0. The van der Waals surface area contributed by atoms with E-state index in [1.165, 1.54) is 10.6 Å². The Kier molecular flexibility index (Phi) is 4.81. The molecular formula is C18H18F3N7O. The summed E-state index contributed by atoms with van der Waals surface area (Å²) in [4.78, 5) is 29.5. The van der Waals surface area contributed by atoms with E-state index < -0.39 is 11.9 Å². The molecule has 0 aliphatic carbocycles. The number of hydrogen-bond donors (Lipinski definition) is 1. The van der Waals surface area contributed by atoms with Gasteiger partial charge in [-0.2, -0.15) is 13.2 Å². The molecule has 1 fully saturated rings. The predicted molar refractivity (Wildman–Crippen MR) is 97.8 cm³/mol. The Morgan fingerprint density at radius 2 is 2.07 bits per heavy atom. The van der Waals surface area contributed by atoms with Gasteiger partial charge in [0.05, 0.1) is 12.4 Å². The van der Waals surface area contributed by atoms with E-state index in [0.29, 0.717) is 24.5 Å². The fourth-order valence-electron chi connectivity index (χ4n) is 3.57. The average molecular weight is 405 g/mol. The van der Waals surface area contributed by atoms with Gasteiger partial charge in [0.15, 0.2) is 17.2 Å². The van der Waals surface area contributed by atoms with Gasteiger partial charge in [-0.15, -0.1) is 0 Å². The van der Waals surface area contributed by atoms with Crippen LogP contribution in [0.4, 0.5) is 19.0 Å². The summed E-state index contributed by atoms with van der Waals surface area (Å²) >= 11 is 0. The lowest BCUT2D eigenvalue weighted by Gasteiger charge is -2.33. The quantitative estimate of drug-likeness (QED) is 0.715. The van der Waals surface area contributed by atoms with Crippen molar-refractivity contribution < 1.29 is 18.0 Å². The number of amides is 1. The highest BCUT2D eigenvalue weighted by Crippen LogP contribution is 2.29. The summed E-state index contributed by atoms with van der Waals surface area (Å²) in [5.74, 6) is 0.714. The first-order valence-corrected chi connectivity index (χ1v) is 9.08. The van der Waals surface area contributed by atoms with Crippen LogP contribution in [0.15, 0.2) is 30.9 Å². The van der Waals surface area contributed by atoms with Crippen LogP contribution in [0.5, 0.6) is 0 Å². The topological polar surface area (TPSA) is 102 Å². The lowest BCUT2D eigenvalue weighted by molar-refractivity contribution is -0.141. The van der Waals surface area contributed by atoms with Crippen molar-refractivity contribution in [3.63, 3.8) is 0 Å². The number of aromatic nitrogens is 5. The van der Waals surface area contributed by atoms with Crippen LogP contribution in [0.25, 0.3) is 17.2 Å². The molecule has 8 nitrogen and oxygen atoms in total. The molecule has 4 heterocycles. The predicted octanol–water partition coefficient (Wildman–Crippen LogP) is 2.30. The maximum Gasteiger partial charge on any atom is 0.434 e. The molecule has 3 aromatic heterocycles. The molecule has 1 unspecified atom stereocenters. The molecule has 4 rings (SSSR count). The number of nitrogens with zero attached hydrogens (tertiary/aromatic N) is 6. The summed E-state index contributed by atoms with van der Waals surface area (Å²) in [5, 5.41) is 0. The van der Waals surface area contributed by atoms with Gasteiger partial charge in [-0.05, 0) is 24.8 Å². The molecule has 0 spiro atoms. The van der Waals surface area contributed by atoms with Gasteiger partial charge in [-0.3, -0.25) is 9.20 Å². The monoisotopic (exact) mass is 405 g/mol. The minimum absolute atomic E-state index is 0.149. The van der Waals surface area contributed by atoms with E-state index in [1.807, 2.05) is 4.90 Å². The normalized spacial score (nSPS) is 17.6. The summed E-state index contributed by atoms with van der Waals surface area (Å²) in [6.45, 7) is 1.40. The van der Waals surface area contributed by atoms with Crippen LogP contribution in [-0.4, -0.2) is 43.3 Å². The highest BCUT2D eigenvalue weighted by Gasteiger charge is 2.33. The average Bonchev–Trinajstić information content (AvgIpc) is 3.10. The molecule has 0 aromatic carbocycles. The van der Waals surface area contributed by atoms with Crippen molar-refractivity contribution in [2.45, 2.75) is 25.4 Å². The SMILES string of the molecule is NC(=O)CC1CCCN(c2ccnc(-c3cnc4cnc(C(F)(F)F)cn34)n2)C1. The Balaban J connectivity index is 1.66. The number of halogens is 3. The molecule has 0 radical (unpaired) electrons. The van der Waals surface area contributed by atoms with E-state index in [1.54, 1.807) is 12.3 Å². The molecule has 1 amide bonds. The first-order chi connectivity index (χ1) is 13.8. The first kappa shape index (κ1) is 19.1. The summed E-state index contributed by atoms with van der Waals surface area (Å²) in [6, 6.07) is 1.74. The Labute approximate surface area is 163 Å². The van der Waals surface area contributed by atoms with Gasteiger partial charge in [0.1, 0.15) is 11.5 Å². The van der Waals surface area contributed by atoms with E-state index in [4.69, 9.17) is 5.73 Å². The largest absolute Gasteiger partial charge is 0.434 e. The smallest absolute Gasteiger partial charge is 0.370 e. The van der Waals surface area contributed by atoms with Crippen molar-refractivity contribution in [1.82, 2.24) is 24.3 Å². The second-order valence-corrected chi connectivity index (χ2v) is 7.01. The number of alkyl halides is 3. The van der Waals surface area contributed by atoms with Crippen LogP contribution >= 0.6 is 0 Å². The molecule has 0 bridgehead atoms. The molecule has 29 heavy (non-hydrogen) atoms. The molecule has 11 heteroatoms. The minimum Gasteiger partial charge on any atom is -0.370 e. The number of hydrogen-bond acceptors (Lipinski definition) is 6. The number of fused-ring (bicyclic) bond motifs is 1. The van der Waals surface area contributed by atoms with Gasteiger partial charge in [0, 0.05) is 31.9 Å². The lowest BCUT2D eigenvalue weighted by atomic mass is 9.94. The van der Waals surface area contributed by atoms with Gasteiger partial charge in [0.2, 0.25) is 5.91 Å². The van der Waals surface area contributed by atoms with Crippen molar-refractivity contribution in [1.29, 1.82) is 0 Å². The van der Waals surface area contributed by atoms with E-state index in [9.17, 15) is 18.0 Å². The fraction of sp³-hybridized carbons (Fsp3) is 0.389.